The molecule has 2 saturated heterocycles. The Balaban J connectivity index is 1.86. The largest absolute Gasteiger partial charge is 0.481 e. The lowest BCUT2D eigenvalue weighted by atomic mass is 9.98. The molecule has 5 nitrogen and oxygen atoms in total. The highest BCUT2D eigenvalue weighted by molar-refractivity contribution is 5.86. The van der Waals surface area contributed by atoms with Crippen molar-refractivity contribution >= 4 is 11.9 Å². The number of carboxylic acid groups (broad SMARTS) is 1. The Morgan fingerprint density at radius 3 is 2.52 bits per heavy atom. The number of rotatable bonds is 5. The van der Waals surface area contributed by atoms with Crippen molar-refractivity contribution in [1.82, 2.24) is 9.80 Å². The Morgan fingerprint density at radius 1 is 1.20 bits per heavy atom. The SMILES string of the molecule is Cc1ccc(C(CN2CCCCC2)N2CC(C(=O)O)CC2=O)cc1C. The maximum absolute atomic E-state index is 12.5. The smallest absolute Gasteiger partial charge is 0.308 e. The van der Waals surface area contributed by atoms with Crippen LogP contribution in [0.25, 0.3) is 0 Å². The minimum Gasteiger partial charge on any atom is -0.481 e. The van der Waals surface area contributed by atoms with Gasteiger partial charge in [0, 0.05) is 19.5 Å². The summed E-state index contributed by atoms with van der Waals surface area (Å²) in [6.45, 7) is 7.40. The molecule has 5 heteroatoms. The molecule has 1 aromatic carbocycles. The maximum Gasteiger partial charge on any atom is 0.308 e. The predicted octanol–water partition coefficient (Wildman–Crippen LogP) is 2.76. The first-order valence-corrected chi connectivity index (χ1v) is 9.27. The Bertz CT molecular complexity index is 652. The summed E-state index contributed by atoms with van der Waals surface area (Å²) in [6.07, 6.45) is 3.79. The monoisotopic (exact) mass is 344 g/mol. The molecule has 0 bridgehead atoms. The molecule has 1 aromatic rings. The molecule has 2 aliphatic rings. The van der Waals surface area contributed by atoms with Crippen molar-refractivity contribution in [2.45, 2.75) is 45.6 Å². The third-order valence-corrected chi connectivity index (χ3v) is 5.68. The molecule has 2 unspecified atom stereocenters. The number of hydrogen-bond acceptors (Lipinski definition) is 3. The molecule has 25 heavy (non-hydrogen) atoms. The van der Waals surface area contributed by atoms with Crippen molar-refractivity contribution in [3.63, 3.8) is 0 Å². The van der Waals surface area contributed by atoms with E-state index in [2.05, 4.69) is 36.9 Å². The van der Waals surface area contributed by atoms with Gasteiger partial charge < -0.3 is 14.9 Å². The number of aliphatic carboxylic acids is 1. The van der Waals surface area contributed by atoms with Crippen LogP contribution >= 0.6 is 0 Å². The molecule has 3 rings (SSSR count). The van der Waals surface area contributed by atoms with Crippen LogP contribution in [0.15, 0.2) is 18.2 Å². The molecule has 2 heterocycles. The van der Waals surface area contributed by atoms with Crippen molar-refractivity contribution in [3.8, 4) is 0 Å². The molecular weight excluding hydrogens is 316 g/mol. The van der Waals surface area contributed by atoms with E-state index in [1.54, 1.807) is 4.90 Å². The normalized spacial score (nSPS) is 23.0. The topological polar surface area (TPSA) is 60.9 Å². The highest BCUT2D eigenvalue weighted by Gasteiger charge is 2.39. The van der Waals surface area contributed by atoms with Gasteiger partial charge >= 0.3 is 5.97 Å². The lowest BCUT2D eigenvalue weighted by Gasteiger charge is -2.35. The van der Waals surface area contributed by atoms with Gasteiger partial charge in [-0.2, -0.15) is 0 Å². The number of carboxylic acids is 1. The molecule has 0 aromatic heterocycles. The van der Waals surface area contributed by atoms with Crippen molar-refractivity contribution in [3.05, 3.63) is 34.9 Å². The van der Waals surface area contributed by atoms with E-state index < -0.39 is 11.9 Å². The minimum absolute atomic E-state index is 0.0346. The van der Waals surface area contributed by atoms with Gasteiger partial charge in [0.15, 0.2) is 0 Å². The van der Waals surface area contributed by atoms with Gasteiger partial charge in [0.1, 0.15) is 0 Å². The number of nitrogens with zero attached hydrogens (tertiary/aromatic N) is 2. The van der Waals surface area contributed by atoms with Crippen LogP contribution in [0.3, 0.4) is 0 Å². The number of piperidine rings is 1. The van der Waals surface area contributed by atoms with Crippen LogP contribution in [0.4, 0.5) is 0 Å². The fraction of sp³-hybridized carbons (Fsp3) is 0.600. The molecule has 2 aliphatic heterocycles. The van der Waals surface area contributed by atoms with Crippen molar-refractivity contribution < 1.29 is 14.7 Å². The molecule has 0 saturated carbocycles. The number of carbonyl (C=O) groups is 2. The van der Waals surface area contributed by atoms with Crippen LogP contribution in [0.5, 0.6) is 0 Å². The second-order valence-corrected chi connectivity index (χ2v) is 7.51. The highest BCUT2D eigenvalue weighted by Crippen LogP contribution is 2.31. The van der Waals surface area contributed by atoms with E-state index in [-0.39, 0.29) is 18.4 Å². The standard InChI is InChI=1S/C20H28N2O3/c1-14-6-7-16(10-15(14)2)18(13-21-8-4-3-5-9-21)22-12-17(20(24)25)11-19(22)23/h6-7,10,17-18H,3-5,8-9,11-13H2,1-2H3,(H,24,25). The number of amides is 1. The Labute approximate surface area is 149 Å². The first kappa shape index (κ1) is 17.9. The van der Waals surface area contributed by atoms with Gasteiger partial charge in [-0.05, 0) is 56.5 Å². The lowest BCUT2D eigenvalue weighted by molar-refractivity contribution is -0.141. The van der Waals surface area contributed by atoms with E-state index in [9.17, 15) is 14.7 Å². The Kier molecular flexibility index (Phi) is 5.42. The molecule has 0 radical (unpaired) electrons. The summed E-state index contributed by atoms with van der Waals surface area (Å²) >= 11 is 0. The molecule has 2 fully saturated rings. The summed E-state index contributed by atoms with van der Waals surface area (Å²) in [6, 6.07) is 6.29. The predicted molar refractivity (Wildman–Crippen MR) is 96.4 cm³/mol. The summed E-state index contributed by atoms with van der Waals surface area (Å²) < 4.78 is 0. The summed E-state index contributed by atoms with van der Waals surface area (Å²) in [5, 5.41) is 9.31. The van der Waals surface area contributed by atoms with E-state index >= 15 is 0 Å². The lowest BCUT2D eigenvalue weighted by Crippen LogP contribution is -2.41. The molecule has 2 atom stereocenters. The highest BCUT2D eigenvalue weighted by atomic mass is 16.4. The summed E-state index contributed by atoms with van der Waals surface area (Å²) in [4.78, 5) is 28.1. The first-order valence-electron chi connectivity index (χ1n) is 9.27. The van der Waals surface area contributed by atoms with Crippen molar-refractivity contribution in [2.75, 3.05) is 26.2 Å². The summed E-state index contributed by atoms with van der Waals surface area (Å²) in [5.41, 5.74) is 3.56. The average Bonchev–Trinajstić information content (AvgIpc) is 2.98. The van der Waals surface area contributed by atoms with Gasteiger partial charge in [0.25, 0.3) is 0 Å². The number of benzene rings is 1. The molecule has 1 amide bonds. The van der Waals surface area contributed by atoms with Crippen LogP contribution < -0.4 is 0 Å². The van der Waals surface area contributed by atoms with E-state index in [4.69, 9.17) is 0 Å². The van der Waals surface area contributed by atoms with E-state index in [0.717, 1.165) is 25.2 Å². The van der Waals surface area contributed by atoms with Gasteiger partial charge in [0.2, 0.25) is 5.91 Å². The zero-order chi connectivity index (χ0) is 18.0. The third-order valence-electron chi connectivity index (χ3n) is 5.68. The average molecular weight is 344 g/mol. The van der Waals surface area contributed by atoms with Gasteiger partial charge in [-0.25, -0.2) is 0 Å². The number of likely N-dealkylation sites (tertiary alicyclic amines) is 2. The number of hydrogen-bond donors (Lipinski definition) is 1. The second kappa shape index (κ2) is 7.56. The van der Waals surface area contributed by atoms with Crippen molar-refractivity contribution in [1.29, 1.82) is 0 Å². The summed E-state index contributed by atoms with van der Waals surface area (Å²) in [7, 11) is 0. The number of aryl methyl sites for hydroxylation is 2. The van der Waals surface area contributed by atoms with Gasteiger partial charge in [-0.1, -0.05) is 24.6 Å². The second-order valence-electron chi connectivity index (χ2n) is 7.51. The van der Waals surface area contributed by atoms with Crippen LogP contribution in [0, 0.1) is 19.8 Å². The van der Waals surface area contributed by atoms with Crippen LogP contribution in [0.2, 0.25) is 0 Å². The van der Waals surface area contributed by atoms with Crippen LogP contribution in [-0.4, -0.2) is 53.0 Å². The maximum atomic E-state index is 12.5. The molecule has 136 valence electrons. The van der Waals surface area contributed by atoms with Crippen LogP contribution in [-0.2, 0) is 9.59 Å². The minimum atomic E-state index is -0.868. The fourth-order valence-corrected chi connectivity index (χ4v) is 3.94. The molecule has 0 spiro atoms. The Hall–Kier alpha value is -1.88. The number of carbonyl (C=O) groups excluding carboxylic acids is 1. The quantitative estimate of drug-likeness (QED) is 0.892. The van der Waals surface area contributed by atoms with E-state index in [0.29, 0.717) is 6.54 Å². The van der Waals surface area contributed by atoms with Gasteiger partial charge in [-0.3, -0.25) is 9.59 Å². The first-order chi connectivity index (χ1) is 12.0. The van der Waals surface area contributed by atoms with E-state index in [1.165, 1.54) is 30.4 Å². The molecule has 0 aliphatic carbocycles. The Morgan fingerprint density at radius 2 is 1.92 bits per heavy atom. The zero-order valence-corrected chi connectivity index (χ0v) is 15.2. The third kappa shape index (κ3) is 4.03. The van der Waals surface area contributed by atoms with Gasteiger partial charge in [0.05, 0.1) is 12.0 Å². The zero-order valence-electron chi connectivity index (χ0n) is 15.2. The fourth-order valence-electron chi connectivity index (χ4n) is 3.94. The molecule has 1 N–H and O–H groups in total. The summed E-state index contributed by atoms with van der Waals surface area (Å²) in [5.74, 6) is -1.48. The molecular formula is C20H28N2O3. The van der Waals surface area contributed by atoms with Crippen LogP contribution in [0.1, 0.15) is 48.4 Å². The van der Waals surface area contributed by atoms with E-state index in [1.807, 2.05) is 0 Å². The van der Waals surface area contributed by atoms with Gasteiger partial charge in [-0.15, -0.1) is 0 Å². The van der Waals surface area contributed by atoms with Crippen molar-refractivity contribution in [2.24, 2.45) is 5.92 Å².